The predicted molar refractivity (Wildman–Crippen MR) is 88.7 cm³/mol. The van der Waals surface area contributed by atoms with E-state index in [4.69, 9.17) is 4.98 Å². The van der Waals surface area contributed by atoms with E-state index >= 15 is 0 Å². The van der Waals surface area contributed by atoms with E-state index in [1.165, 1.54) is 0 Å². The molecule has 0 aliphatic carbocycles. The molecule has 2 aromatic heterocycles. The molecule has 0 bridgehead atoms. The van der Waals surface area contributed by atoms with E-state index in [0.717, 1.165) is 48.7 Å². The molecule has 112 valence electrons. The van der Waals surface area contributed by atoms with Gasteiger partial charge in [0.15, 0.2) is 0 Å². The van der Waals surface area contributed by atoms with Crippen LogP contribution in [0.1, 0.15) is 0 Å². The fourth-order valence-electron chi connectivity index (χ4n) is 2.75. The van der Waals surface area contributed by atoms with E-state index in [1.807, 2.05) is 42.6 Å². The quantitative estimate of drug-likeness (QED) is 0.690. The third kappa shape index (κ3) is 2.48. The SMILES string of the molecule is c1ccc(Nc2nc(N3CCNCC3)c3cc[nH]c3n2)cc1. The number of hydrogen-bond donors (Lipinski definition) is 3. The number of nitrogens with one attached hydrogen (secondary N) is 3. The van der Waals surface area contributed by atoms with Gasteiger partial charge in [-0.25, -0.2) is 0 Å². The van der Waals surface area contributed by atoms with Crippen molar-refractivity contribution in [2.45, 2.75) is 0 Å². The highest BCUT2D eigenvalue weighted by Crippen LogP contribution is 2.26. The van der Waals surface area contributed by atoms with E-state index < -0.39 is 0 Å². The highest BCUT2D eigenvalue weighted by Gasteiger charge is 2.17. The first-order valence-corrected chi connectivity index (χ1v) is 7.53. The van der Waals surface area contributed by atoms with Crippen LogP contribution in [-0.4, -0.2) is 41.1 Å². The number of benzene rings is 1. The van der Waals surface area contributed by atoms with Crippen molar-refractivity contribution in [3.63, 3.8) is 0 Å². The summed E-state index contributed by atoms with van der Waals surface area (Å²) in [7, 11) is 0. The van der Waals surface area contributed by atoms with E-state index in [0.29, 0.717) is 5.95 Å². The van der Waals surface area contributed by atoms with Gasteiger partial charge >= 0.3 is 0 Å². The Morgan fingerprint density at radius 3 is 2.64 bits per heavy atom. The molecule has 0 amide bonds. The lowest BCUT2D eigenvalue weighted by Gasteiger charge is -2.29. The average Bonchev–Trinajstić information content (AvgIpc) is 3.04. The zero-order valence-corrected chi connectivity index (χ0v) is 12.2. The van der Waals surface area contributed by atoms with Crippen molar-refractivity contribution in [3.05, 3.63) is 42.6 Å². The van der Waals surface area contributed by atoms with E-state index in [-0.39, 0.29) is 0 Å². The van der Waals surface area contributed by atoms with Crippen LogP contribution in [0.15, 0.2) is 42.6 Å². The van der Waals surface area contributed by atoms with Crippen LogP contribution >= 0.6 is 0 Å². The fraction of sp³-hybridized carbons (Fsp3) is 0.250. The molecule has 1 saturated heterocycles. The minimum Gasteiger partial charge on any atom is -0.353 e. The van der Waals surface area contributed by atoms with Crippen molar-refractivity contribution in [1.82, 2.24) is 20.3 Å². The monoisotopic (exact) mass is 294 g/mol. The minimum absolute atomic E-state index is 0.620. The van der Waals surface area contributed by atoms with Gasteiger partial charge in [-0.3, -0.25) is 0 Å². The highest BCUT2D eigenvalue weighted by molar-refractivity contribution is 5.89. The summed E-state index contributed by atoms with van der Waals surface area (Å²) in [5, 5.41) is 7.72. The first-order valence-electron chi connectivity index (χ1n) is 7.53. The molecule has 1 fully saturated rings. The van der Waals surface area contributed by atoms with E-state index in [1.54, 1.807) is 0 Å². The Morgan fingerprint density at radius 2 is 1.82 bits per heavy atom. The van der Waals surface area contributed by atoms with Gasteiger partial charge in [-0.2, -0.15) is 9.97 Å². The first-order chi connectivity index (χ1) is 10.9. The summed E-state index contributed by atoms with van der Waals surface area (Å²) in [6, 6.07) is 12.0. The van der Waals surface area contributed by atoms with Gasteiger partial charge in [-0.05, 0) is 18.2 Å². The van der Waals surface area contributed by atoms with Gasteiger partial charge in [0, 0.05) is 38.1 Å². The second-order valence-electron chi connectivity index (χ2n) is 5.34. The van der Waals surface area contributed by atoms with Crippen LogP contribution in [0.3, 0.4) is 0 Å². The predicted octanol–water partition coefficient (Wildman–Crippen LogP) is 2.11. The maximum Gasteiger partial charge on any atom is 0.231 e. The van der Waals surface area contributed by atoms with Crippen LogP contribution in [-0.2, 0) is 0 Å². The fourth-order valence-corrected chi connectivity index (χ4v) is 2.75. The first kappa shape index (κ1) is 13.1. The zero-order valence-electron chi connectivity index (χ0n) is 12.2. The van der Waals surface area contributed by atoms with Crippen LogP contribution < -0.4 is 15.5 Å². The Kier molecular flexibility index (Phi) is 3.36. The van der Waals surface area contributed by atoms with E-state index in [9.17, 15) is 0 Å². The van der Waals surface area contributed by atoms with Gasteiger partial charge in [0.05, 0.1) is 5.39 Å². The summed E-state index contributed by atoms with van der Waals surface area (Å²) < 4.78 is 0. The molecule has 0 unspecified atom stereocenters. The van der Waals surface area contributed by atoms with Crippen molar-refractivity contribution >= 4 is 28.5 Å². The molecule has 3 aromatic rings. The molecule has 3 heterocycles. The molecule has 1 aromatic carbocycles. The number of piperazine rings is 1. The van der Waals surface area contributed by atoms with Crippen molar-refractivity contribution in [3.8, 4) is 0 Å². The van der Waals surface area contributed by atoms with Gasteiger partial charge in [-0.1, -0.05) is 18.2 Å². The lowest BCUT2D eigenvalue weighted by molar-refractivity contribution is 0.586. The van der Waals surface area contributed by atoms with Gasteiger partial charge < -0.3 is 20.5 Å². The largest absolute Gasteiger partial charge is 0.353 e. The van der Waals surface area contributed by atoms with Crippen LogP contribution in [0.25, 0.3) is 11.0 Å². The smallest absolute Gasteiger partial charge is 0.231 e. The Hall–Kier alpha value is -2.60. The average molecular weight is 294 g/mol. The Balaban J connectivity index is 1.73. The lowest BCUT2D eigenvalue weighted by atomic mass is 10.3. The topological polar surface area (TPSA) is 68.9 Å². The van der Waals surface area contributed by atoms with Gasteiger partial charge in [0.2, 0.25) is 5.95 Å². The molecule has 0 atom stereocenters. The van der Waals surface area contributed by atoms with Crippen molar-refractivity contribution < 1.29 is 0 Å². The van der Waals surface area contributed by atoms with Gasteiger partial charge in [0.25, 0.3) is 0 Å². The molecule has 1 aliphatic heterocycles. The molecule has 0 spiro atoms. The number of para-hydroxylation sites is 1. The molecule has 6 heteroatoms. The third-order valence-corrected chi connectivity index (χ3v) is 3.84. The summed E-state index contributed by atoms with van der Waals surface area (Å²) in [5.74, 6) is 1.61. The molecule has 3 N–H and O–H groups in total. The number of aromatic amines is 1. The number of rotatable bonds is 3. The Bertz CT molecular complexity index is 761. The molecular weight excluding hydrogens is 276 g/mol. The Labute approximate surface area is 128 Å². The van der Waals surface area contributed by atoms with E-state index in [2.05, 4.69) is 25.5 Å². The number of aromatic nitrogens is 3. The molecule has 6 nitrogen and oxygen atoms in total. The maximum atomic E-state index is 4.75. The summed E-state index contributed by atoms with van der Waals surface area (Å²) in [6.45, 7) is 3.89. The number of H-pyrrole nitrogens is 1. The Morgan fingerprint density at radius 1 is 1.00 bits per heavy atom. The molecule has 0 saturated carbocycles. The van der Waals surface area contributed by atoms with Crippen molar-refractivity contribution in [2.75, 3.05) is 36.4 Å². The summed E-state index contributed by atoms with van der Waals surface area (Å²) >= 11 is 0. The number of hydrogen-bond acceptors (Lipinski definition) is 5. The molecular formula is C16H18N6. The van der Waals surface area contributed by atoms with Gasteiger partial charge in [0.1, 0.15) is 11.5 Å². The number of fused-ring (bicyclic) bond motifs is 1. The maximum absolute atomic E-state index is 4.75. The molecule has 0 radical (unpaired) electrons. The summed E-state index contributed by atoms with van der Waals surface area (Å²) in [5.41, 5.74) is 1.85. The van der Waals surface area contributed by atoms with Crippen LogP contribution in [0.4, 0.5) is 17.5 Å². The minimum atomic E-state index is 0.620. The van der Waals surface area contributed by atoms with Crippen LogP contribution in [0.5, 0.6) is 0 Å². The van der Waals surface area contributed by atoms with Crippen molar-refractivity contribution in [2.24, 2.45) is 0 Å². The number of nitrogens with zero attached hydrogens (tertiary/aromatic N) is 3. The molecule has 4 rings (SSSR count). The molecule has 1 aliphatic rings. The third-order valence-electron chi connectivity index (χ3n) is 3.84. The highest BCUT2D eigenvalue weighted by atomic mass is 15.3. The van der Waals surface area contributed by atoms with Crippen LogP contribution in [0, 0.1) is 0 Å². The second kappa shape index (κ2) is 5.65. The summed E-state index contributed by atoms with van der Waals surface area (Å²) in [6.07, 6.45) is 1.91. The number of anilines is 3. The zero-order chi connectivity index (χ0) is 14.8. The van der Waals surface area contributed by atoms with Crippen LogP contribution in [0.2, 0.25) is 0 Å². The summed E-state index contributed by atoms with van der Waals surface area (Å²) in [4.78, 5) is 14.8. The normalized spacial score (nSPS) is 15.2. The van der Waals surface area contributed by atoms with Crippen molar-refractivity contribution in [1.29, 1.82) is 0 Å². The molecule has 22 heavy (non-hydrogen) atoms. The lowest BCUT2D eigenvalue weighted by Crippen LogP contribution is -2.44. The van der Waals surface area contributed by atoms with Gasteiger partial charge in [-0.15, -0.1) is 0 Å². The second-order valence-corrected chi connectivity index (χ2v) is 5.34. The standard InChI is InChI=1S/C16H18N6/c1-2-4-12(5-3-1)19-16-20-14-13(6-7-18-14)15(21-16)22-10-8-17-9-11-22/h1-7,17H,8-11H2,(H2,18,19,20,21).